The van der Waals surface area contributed by atoms with Crippen LogP contribution in [0.25, 0.3) is 0 Å². The van der Waals surface area contributed by atoms with Gasteiger partial charge in [0.2, 0.25) is 0 Å². The lowest BCUT2D eigenvalue weighted by Gasteiger charge is -2.12. The van der Waals surface area contributed by atoms with Gasteiger partial charge in [0.1, 0.15) is 0 Å². The number of hydrogen-bond donors (Lipinski definition) is 0. The SMILES string of the molecule is O=C(c1cc(C(F)(F)F)ccc1Br)C1CCOC1. The summed E-state index contributed by atoms with van der Waals surface area (Å²) in [6.07, 6.45) is -3.89. The van der Waals surface area contributed by atoms with E-state index in [1.54, 1.807) is 0 Å². The Bertz CT molecular complexity index is 465. The number of hydrogen-bond acceptors (Lipinski definition) is 2. The fourth-order valence-corrected chi connectivity index (χ4v) is 2.29. The molecule has 6 heteroatoms. The first-order valence-electron chi connectivity index (χ1n) is 5.38. The van der Waals surface area contributed by atoms with Crippen molar-refractivity contribution < 1.29 is 22.7 Å². The fraction of sp³-hybridized carbons (Fsp3) is 0.417. The molecule has 1 unspecified atom stereocenters. The van der Waals surface area contributed by atoms with E-state index >= 15 is 0 Å². The molecule has 98 valence electrons. The van der Waals surface area contributed by atoms with Gasteiger partial charge in [0.05, 0.1) is 12.2 Å². The van der Waals surface area contributed by atoms with Crippen LogP contribution in [0, 0.1) is 5.92 Å². The average molecular weight is 323 g/mol. The van der Waals surface area contributed by atoms with Crippen molar-refractivity contribution in [3.8, 4) is 0 Å². The van der Waals surface area contributed by atoms with Gasteiger partial charge in [-0.15, -0.1) is 0 Å². The predicted octanol–water partition coefficient (Wildman–Crippen LogP) is 3.69. The molecule has 18 heavy (non-hydrogen) atoms. The highest BCUT2D eigenvalue weighted by molar-refractivity contribution is 9.10. The molecule has 1 aliphatic heterocycles. The number of halogens is 4. The van der Waals surface area contributed by atoms with Gasteiger partial charge in [0.25, 0.3) is 0 Å². The van der Waals surface area contributed by atoms with E-state index in [4.69, 9.17) is 4.74 Å². The lowest BCUT2D eigenvalue weighted by Crippen LogP contribution is -2.16. The van der Waals surface area contributed by atoms with Gasteiger partial charge in [-0.2, -0.15) is 13.2 Å². The summed E-state index contributed by atoms with van der Waals surface area (Å²) >= 11 is 3.12. The molecule has 0 saturated carbocycles. The van der Waals surface area contributed by atoms with Crippen molar-refractivity contribution in [1.29, 1.82) is 0 Å². The molecule has 1 fully saturated rings. The maximum atomic E-state index is 12.6. The summed E-state index contributed by atoms with van der Waals surface area (Å²) in [4.78, 5) is 12.1. The van der Waals surface area contributed by atoms with Gasteiger partial charge in [-0.05, 0) is 24.6 Å². The Morgan fingerprint density at radius 2 is 2.11 bits per heavy atom. The highest BCUT2D eigenvalue weighted by atomic mass is 79.9. The summed E-state index contributed by atoms with van der Waals surface area (Å²) in [6, 6.07) is 3.10. The van der Waals surface area contributed by atoms with Crippen molar-refractivity contribution in [2.75, 3.05) is 13.2 Å². The smallest absolute Gasteiger partial charge is 0.381 e. The van der Waals surface area contributed by atoms with Gasteiger partial charge in [-0.1, -0.05) is 15.9 Å². The number of alkyl halides is 3. The lowest BCUT2D eigenvalue weighted by molar-refractivity contribution is -0.137. The largest absolute Gasteiger partial charge is 0.416 e. The number of benzene rings is 1. The Morgan fingerprint density at radius 3 is 2.67 bits per heavy atom. The predicted molar refractivity (Wildman–Crippen MR) is 62.4 cm³/mol. The molecule has 1 aliphatic rings. The summed E-state index contributed by atoms with van der Waals surface area (Å²) in [6.45, 7) is 0.758. The van der Waals surface area contributed by atoms with E-state index in [2.05, 4.69) is 15.9 Å². The molecule has 1 aromatic rings. The highest BCUT2D eigenvalue weighted by Crippen LogP contribution is 2.33. The zero-order valence-electron chi connectivity index (χ0n) is 9.26. The summed E-state index contributed by atoms with van der Waals surface area (Å²) in [5.74, 6) is -0.643. The van der Waals surface area contributed by atoms with E-state index < -0.39 is 11.7 Å². The molecule has 0 amide bonds. The Kier molecular flexibility index (Phi) is 3.77. The summed E-state index contributed by atoms with van der Waals surface area (Å²) in [7, 11) is 0. The second-order valence-corrected chi connectivity index (χ2v) is 4.97. The molecule has 0 N–H and O–H groups in total. The Hall–Kier alpha value is -0.880. The van der Waals surface area contributed by atoms with Crippen LogP contribution >= 0.6 is 15.9 Å². The summed E-state index contributed by atoms with van der Waals surface area (Å²) < 4.78 is 43.2. The molecule has 0 radical (unpaired) electrons. The molecule has 1 aromatic carbocycles. The van der Waals surface area contributed by atoms with Gasteiger partial charge >= 0.3 is 6.18 Å². The van der Waals surface area contributed by atoms with Crippen LogP contribution in [-0.2, 0) is 10.9 Å². The molecular weight excluding hydrogens is 313 g/mol. The van der Waals surface area contributed by atoms with Crippen LogP contribution in [0.15, 0.2) is 22.7 Å². The van der Waals surface area contributed by atoms with Gasteiger partial charge < -0.3 is 4.74 Å². The molecule has 0 spiro atoms. The molecular formula is C12H10BrF3O2. The van der Waals surface area contributed by atoms with Crippen LogP contribution in [0.4, 0.5) is 13.2 Å². The molecule has 1 heterocycles. The van der Waals surface area contributed by atoms with Gasteiger partial charge in [0, 0.05) is 22.6 Å². The zero-order chi connectivity index (χ0) is 13.3. The molecule has 2 rings (SSSR count). The van der Waals surface area contributed by atoms with Gasteiger partial charge in [-0.25, -0.2) is 0 Å². The number of rotatable bonds is 2. The van der Waals surface area contributed by atoms with E-state index in [0.717, 1.165) is 12.1 Å². The van der Waals surface area contributed by atoms with Crippen molar-refractivity contribution in [3.63, 3.8) is 0 Å². The third-order valence-electron chi connectivity index (χ3n) is 2.86. The number of Topliss-reactive ketones (excluding diaryl/α,β-unsaturated/α-hetero) is 1. The van der Waals surface area contributed by atoms with Crippen molar-refractivity contribution in [3.05, 3.63) is 33.8 Å². The van der Waals surface area contributed by atoms with Crippen LogP contribution in [0.2, 0.25) is 0 Å². The van der Waals surface area contributed by atoms with Crippen molar-refractivity contribution in [1.82, 2.24) is 0 Å². The van der Waals surface area contributed by atoms with Gasteiger partial charge in [0.15, 0.2) is 5.78 Å². The maximum Gasteiger partial charge on any atom is 0.416 e. The number of ketones is 1. The molecule has 1 atom stereocenters. The average Bonchev–Trinajstić information content (AvgIpc) is 2.80. The summed E-state index contributed by atoms with van der Waals surface area (Å²) in [5.41, 5.74) is -0.742. The van der Waals surface area contributed by atoms with E-state index in [-0.39, 0.29) is 23.9 Å². The van der Waals surface area contributed by atoms with Crippen LogP contribution in [-0.4, -0.2) is 19.0 Å². The minimum Gasteiger partial charge on any atom is -0.381 e. The monoisotopic (exact) mass is 322 g/mol. The van der Waals surface area contributed by atoms with Crippen LogP contribution < -0.4 is 0 Å². The molecule has 0 aromatic heterocycles. The molecule has 0 bridgehead atoms. The van der Waals surface area contributed by atoms with E-state index in [9.17, 15) is 18.0 Å². The third-order valence-corrected chi connectivity index (χ3v) is 3.55. The first kappa shape index (κ1) is 13.5. The van der Waals surface area contributed by atoms with Gasteiger partial charge in [-0.3, -0.25) is 4.79 Å². The van der Waals surface area contributed by atoms with Crippen LogP contribution in [0.3, 0.4) is 0 Å². The Labute approximate surface area is 110 Å². The number of carbonyl (C=O) groups excluding carboxylic acids is 1. The third kappa shape index (κ3) is 2.75. The van der Waals surface area contributed by atoms with E-state index in [1.807, 2.05) is 0 Å². The first-order valence-corrected chi connectivity index (χ1v) is 6.17. The standard InChI is InChI=1S/C12H10BrF3O2/c13-10-2-1-8(12(14,15)16)5-9(10)11(17)7-3-4-18-6-7/h1-2,5,7H,3-4,6H2. The Morgan fingerprint density at radius 1 is 1.39 bits per heavy atom. The normalized spacial score (nSPS) is 20.1. The second-order valence-electron chi connectivity index (χ2n) is 4.12. The summed E-state index contributed by atoms with van der Waals surface area (Å²) in [5, 5.41) is 0. The molecule has 2 nitrogen and oxygen atoms in total. The van der Waals surface area contributed by atoms with Crippen LogP contribution in [0.5, 0.6) is 0 Å². The Balaban J connectivity index is 2.34. The maximum absolute atomic E-state index is 12.6. The van der Waals surface area contributed by atoms with Crippen molar-refractivity contribution >= 4 is 21.7 Å². The number of ether oxygens (including phenoxy) is 1. The zero-order valence-corrected chi connectivity index (χ0v) is 10.8. The minimum absolute atomic E-state index is 0.0697. The number of carbonyl (C=O) groups is 1. The highest BCUT2D eigenvalue weighted by Gasteiger charge is 2.33. The van der Waals surface area contributed by atoms with Crippen LogP contribution in [0.1, 0.15) is 22.3 Å². The fourth-order valence-electron chi connectivity index (χ4n) is 1.85. The van der Waals surface area contributed by atoms with E-state index in [1.165, 1.54) is 6.07 Å². The lowest BCUT2D eigenvalue weighted by atomic mass is 9.96. The van der Waals surface area contributed by atoms with E-state index in [0.29, 0.717) is 17.5 Å². The molecule has 1 saturated heterocycles. The minimum atomic E-state index is -4.44. The van der Waals surface area contributed by atoms with Crippen molar-refractivity contribution in [2.45, 2.75) is 12.6 Å². The topological polar surface area (TPSA) is 26.3 Å². The second kappa shape index (κ2) is 5.01. The van der Waals surface area contributed by atoms with Crippen molar-refractivity contribution in [2.24, 2.45) is 5.92 Å². The first-order chi connectivity index (χ1) is 8.39. The quantitative estimate of drug-likeness (QED) is 0.776. The molecule has 0 aliphatic carbocycles.